The fraction of sp³-hybridized carbons (Fsp3) is 0.100. The number of hydrogen-bond donors (Lipinski definition) is 1. The van der Waals surface area contributed by atoms with E-state index in [1.165, 1.54) is 5.56 Å². The highest BCUT2D eigenvalue weighted by atomic mass is 31.2. The Morgan fingerprint density at radius 1 is 0.420 bits per heavy atom. The van der Waals surface area contributed by atoms with Gasteiger partial charge in [-0.25, -0.2) is 4.57 Å². The van der Waals surface area contributed by atoms with Crippen molar-refractivity contribution in [1.29, 1.82) is 0 Å². The van der Waals surface area contributed by atoms with Gasteiger partial charge >= 0.3 is 15.6 Å². The average molecular weight is 709 g/mol. The Morgan fingerprint density at radius 3 is 1.02 bits per heavy atom. The van der Waals surface area contributed by atoms with Crippen molar-refractivity contribution < 1.29 is 36.6 Å². The summed E-state index contributed by atoms with van der Waals surface area (Å²) in [5.41, 5.74) is 2.72. The van der Waals surface area contributed by atoms with E-state index in [2.05, 4.69) is 19.1 Å². The molecule has 0 aromatic heterocycles. The van der Waals surface area contributed by atoms with Gasteiger partial charge in [0.2, 0.25) is 0 Å². The highest BCUT2D eigenvalue weighted by Gasteiger charge is 2.33. The molecule has 256 valence electrons. The molecule has 1 unspecified atom stereocenters. The topological polar surface area (TPSA) is 101 Å². The number of phosphoric acid groups is 2. The van der Waals surface area contributed by atoms with Crippen molar-refractivity contribution in [3.63, 3.8) is 0 Å². The van der Waals surface area contributed by atoms with E-state index in [1.54, 1.807) is 103 Å². The van der Waals surface area contributed by atoms with Gasteiger partial charge in [0.25, 0.3) is 0 Å². The summed E-state index contributed by atoms with van der Waals surface area (Å²) < 4.78 is 53.8. The highest BCUT2D eigenvalue weighted by Crippen LogP contribution is 2.50. The first-order valence-electron chi connectivity index (χ1n) is 15.8. The van der Waals surface area contributed by atoms with Gasteiger partial charge < -0.3 is 22.6 Å². The lowest BCUT2D eigenvalue weighted by Crippen LogP contribution is -2.18. The molecule has 6 aromatic rings. The third-order valence-corrected chi connectivity index (χ3v) is 9.60. The molecular weight excluding hydrogens is 670 g/mol. The quantitative estimate of drug-likeness (QED) is 0.125. The highest BCUT2D eigenvalue weighted by molar-refractivity contribution is 7.49. The van der Waals surface area contributed by atoms with E-state index in [0.29, 0.717) is 17.2 Å². The summed E-state index contributed by atoms with van der Waals surface area (Å²) in [4.78, 5) is 10.2. The monoisotopic (exact) mass is 708 g/mol. The van der Waals surface area contributed by atoms with Gasteiger partial charge in [-0.2, -0.15) is 4.57 Å². The normalized spacial score (nSPS) is 12.3. The fourth-order valence-electron chi connectivity index (χ4n) is 4.74. The molecule has 0 bridgehead atoms. The molecule has 0 saturated heterocycles. The number of aryl methyl sites for hydroxylation is 1. The minimum atomic E-state index is -4.38. The summed E-state index contributed by atoms with van der Waals surface area (Å²) in [5, 5.41) is 0. The van der Waals surface area contributed by atoms with Gasteiger partial charge in [-0.3, -0.25) is 4.89 Å². The molecule has 1 N–H and O–H groups in total. The van der Waals surface area contributed by atoms with Crippen LogP contribution in [-0.2, 0) is 14.5 Å². The Kier molecular flexibility index (Phi) is 11.8. The Bertz CT molecular complexity index is 1960. The minimum Gasteiger partial charge on any atom is -0.395 e. The molecule has 8 nitrogen and oxygen atoms in total. The van der Waals surface area contributed by atoms with Gasteiger partial charge in [0.15, 0.2) is 0 Å². The molecule has 0 radical (unpaired) electrons. The first-order valence-corrected chi connectivity index (χ1v) is 18.7. The van der Waals surface area contributed by atoms with Crippen LogP contribution >= 0.6 is 15.6 Å². The van der Waals surface area contributed by atoms with Crippen molar-refractivity contribution in [3.05, 3.63) is 187 Å². The van der Waals surface area contributed by atoms with E-state index in [1.807, 2.05) is 68.4 Å². The van der Waals surface area contributed by atoms with Crippen molar-refractivity contribution >= 4 is 15.6 Å². The molecule has 0 aliphatic carbocycles. The zero-order valence-electron chi connectivity index (χ0n) is 27.9. The van der Waals surface area contributed by atoms with Crippen LogP contribution in [0.5, 0.6) is 28.7 Å². The van der Waals surface area contributed by atoms with Crippen LogP contribution in [0.25, 0.3) is 0 Å². The maximum absolute atomic E-state index is 13.7. The lowest BCUT2D eigenvalue weighted by Gasteiger charge is -2.27. The first kappa shape index (κ1) is 36.0. The molecule has 6 aromatic carbocycles. The van der Waals surface area contributed by atoms with Gasteiger partial charge in [-0.1, -0.05) is 129 Å². The van der Waals surface area contributed by atoms with E-state index in [0.717, 1.165) is 11.1 Å². The molecule has 10 heteroatoms. The molecule has 0 aliphatic heterocycles. The summed E-state index contributed by atoms with van der Waals surface area (Å²) >= 11 is 0. The molecular formula is C40H38O8P2. The molecule has 0 aliphatic rings. The molecule has 50 heavy (non-hydrogen) atoms. The summed E-state index contributed by atoms with van der Waals surface area (Å²) in [7, 11) is -8.49. The van der Waals surface area contributed by atoms with Crippen molar-refractivity contribution in [2.24, 2.45) is 0 Å². The van der Waals surface area contributed by atoms with Crippen molar-refractivity contribution in [1.82, 2.24) is 0 Å². The first-order chi connectivity index (χ1) is 24.0. The van der Waals surface area contributed by atoms with Gasteiger partial charge in [0.1, 0.15) is 28.7 Å². The molecule has 6 rings (SSSR count). The molecule has 1 atom stereocenters. The lowest BCUT2D eigenvalue weighted by molar-refractivity contribution is 0.290. The standard InChI is InChI=1S/C33H30O8P2.C7H8/c1-33(2,26-18-22-31(23-19-26)38-42(34,35)37-28-12-6-3-7-13-28)27-20-24-32(25-21-27)41-43(36,39-29-14-8-4-9-15-29)40-30-16-10-5-11-17-30;1-7-5-3-2-4-6-7/h3-25H,1-2H3,(H,34,35);2-6H,1H3. The minimum absolute atomic E-state index is 0.192. The SMILES string of the molecule is CC(C)(c1ccc(OP(=O)(O)Oc2ccccc2)cc1)c1ccc(OP(=O)(Oc2ccccc2)Oc2ccccc2)cc1.Cc1ccccc1. The number of rotatable bonds is 12. The molecule has 0 heterocycles. The van der Waals surface area contributed by atoms with E-state index >= 15 is 0 Å². The van der Waals surface area contributed by atoms with E-state index in [9.17, 15) is 14.0 Å². The number of phosphoric ester groups is 2. The zero-order chi connectivity index (χ0) is 35.5. The third kappa shape index (κ3) is 10.6. The Hall–Kier alpha value is -5.26. The van der Waals surface area contributed by atoms with Crippen LogP contribution in [0.3, 0.4) is 0 Å². The Balaban J connectivity index is 0.000000619. The number of hydrogen-bond acceptors (Lipinski definition) is 7. The summed E-state index contributed by atoms with van der Waals surface area (Å²) in [6.07, 6.45) is 0. The van der Waals surface area contributed by atoms with Crippen molar-refractivity contribution in [2.45, 2.75) is 26.2 Å². The van der Waals surface area contributed by atoms with Crippen LogP contribution in [0.1, 0.15) is 30.5 Å². The van der Waals surface area contributed by atoms with Crippen LogP contribution in [0, 0.1) is 6.92 Å². The smallest absolute Gasteiger partial charge is 0.395 e. The van der Waals surface area contributed by atoms with Gasteiger partial charge in [0.05, 0.1) is 0 Å². The third-order valence-electron chi connectivity index (χ3n) is 7.42. The van der Waals surface area contributed by atoms with Gasteiger partial charge in [0, 0.05) is 5.41 Å². The molecule has 0 saturated carbocycles. The summed E-state index contributed by atoms with van der Waals surface area (Å²) in [6.45, 7) is 6.16. The second-order valence-corrected chi connectivity index (χ2v) is 14.4. The van der Waals surface area contributed by atoms with Crippen molar-refractivity contribution in [3.8, 4) is 28.7 Å². The second kappa shape index (κ2) is 16.4. The second-order valence-electron chi connectivity index (χ2n) is 11.6. The zero-order valence-corrected chi connectivity index (χ0v) is 29.7. The summed E-state index contributed by atoms with van der Waals surface area (Å²) in [5.74, 6) is 1.41. The van der Waals surface area contributed by atoms with Crippen LogP contribution in [0.4, 0.5) is 0 Å². The Morgan fingerprint density at radius 2 is 0.700 bits per heavy atom. The predicted molar refractivity (Wildman–Crippen MR) is 196 cm³/mol. The maximum Gasteiger partial charge on any atom is 0.647 e. The van der Waals surface area contributed by atoms with Crippen LogP contribution < -0.4 is 22.6 Å². The maximum atomic E-state index is 13.7. The predicted octanol–water partition coefficient (Wildman–Crippen LogP) is 11.2. The van der Waals surface area contributed by atoms with Crippen LogP contribution in [0.15, 0.2) is 170 Å². The van der Waals surface area contributed by atoms with Crippen LogP contribution in [-0.4, -0.2) is 4.89 Å². The average Bonchev–Trinajstić information content (AvgIpc) is 3.10. The lowest BCUT2D eigenvalue weighted by atomic mass is 9.78. The van der Waals surface area contributed by atoms with E-state index < -0.39 is 21.1 Å². The van der Waals surface area contributed by atoms with Crippen LogP contribution in [0.2, 0.25) is 0 Å². The van der Waals surface area contributed by atoms with E-state index in [-0.39, 0.29) is 11.5 Å². The number of benzene rings is 6. The number of para-hydroxylation sites is 3. The molecule has 0 amide bonds. The molecule has 0 fully saturated rings. The van der Waals surface area contributed by atoms with Gasteiger partial charge in [-0.15, -0.1) is 0 Å². The van der Waals surface area contributed by atoms with Crippen molar-refractivity contribution in [2.75, 3.05) is 0 Å². The van der Waals surface area contributed by atoms with E-state index in [4.69, 9.17) is 22.6 Å². The summed E-state index contributed by atoms with van der Waals surface area (Å²) in [6, 6.07) is 49.9. The Labute approximate surface area is 293 Å². The van der Waals surface area contributed by atoms with Gasteiger partial charge in [-0.05, 0) is 78.7 Å². The largest absolute Gasteiger partial charge is 0.647 e. The molecule has 0 spiro atoms. The fourth-order valence-corrected chi connectivity index (χ4v) is 6.80.